The van der Waals surface area contributed by atoms with E-state index in [9.17, 15) is 0 Å². The lowest BCUT2D eigenvalue weighted by Crippen LogP contribution is -2.12. The van der Waals surface area contributed by atoms with E-state index in [-0.39, 0.29) is 6.04 Å². The fraction of sp³-hybridized carbons (Fsp3) is 0.174. The number of ether oxygens (including phenoxy) is 1. The van der Waals surface area contributed by atoms with E-state index in [1.807, 2.05) is 30.3 Å². The second-order valence-electron chi connectivity index (χ2n) is 6.58. The molecule has 3 heteroatoms. The van der Waals surface area contributed by atoms with E-state index in [1.165, 1.54) is 11.1 Å². The molecule has 0 N–H and O–H groups in total. The second-order valence-corrected chi connectivity index (χ2v) is 6.58. The topological polar surface area (TPSA) is 27.1 Å². The van der Waals surface area contributed by atoms with E-state index in [4.69, 9.17) is 9.72 Å². The van der Waals surface area contributed by atoms with Gasteiger partial charge in [-0.15, -0.1) is 0 Å². The summed E-state index contributed by atoms with van der Waals surface area (Å²) >= 11 is 0. The van der Waals surface area contributed by atoms with Gasteiger partial charge in [0.1, 0.15) is 18.2 Å². The van der Waals surface area contributed by atoms with Gasteiger partial charge in [0.05, 0.1) is 17.1 Å². The van der Waals surface area contributed by atoms with E-state index in [0.29, 0.717) is 6.61 Å². The Morgan fingerprint density at radius 2 is 1.69 bits per heavy atom. The molecule has 0 bridgehead atoms. The van der Waals surface area contributed by atoms with Crippen LogP contribution in [0.3, 0.4) is 0 Å². The third-order valence-corrected chi connectivity index (χ3v) is 4.70. The number of aromatic nitrogens is 2. The zero-order chi connectivity index (χ0) is 17.9. The molecule has 0 saturated heterocycles. The van der Waals surface area contributed by atoms with Crippen molar-refractivity contribution in [3.05, 3.63) is 95.8 Å². The van der Waals surface area contributed by atoms with Crippen molar-refractivity contribution in [1.82, 2.24) is 9.55 Å². The van der Waals surface area contributed by atoms with Gasteiger partial charge in [-0.1, -0.05) is 54.6 Å². The zero-order valence-electron chi connectivity index (χ0n) is 15.1. The number of benzene rings is 3. The van der Waals surface area contributed by atoms with E-state index in [0.717, 1.165) is 22.6 Å². The summed E-state index contributed by atoms with van der Waals surface area (Å²) in [7, 11) is 0. The van der Waals surface area contributed by atoms with E-state index >= 15 is 0 Å². The minimum absolute atomic E-state index is 0.180. The van der Waals surface area contributed by atoms with Crippen LogP contribution in [0.5, 0.6) is 5.75 Å². The lowest BCUT2D eigenvalue weighted by Gasteiger charge is -2.18. The SMILES string of the molecule is Cc1cccc(OCc2nc3ccccc3n2C(C)c2ccccc2)c1. The number of hydrogen-bond donors (Lipinski definition) is 0. The number of nitrogens with zero attached hydrogens (tertiary/aromatic N) is 2. The molecule has 4 rings (SSSR count). The van der Waals surface area contributed by atoms with Crippen LogP contribution in [-0.4, -0.2) is 9.55 Å². The van der Waals surface area contributed by atoms with Gasteiger partial charge in [0.15, 0.2) is 0 Å². The van der Waals surface area contributed by atoms with Crippen LogP contribution in [0.4, 0.5) is 0 Å². The molecule has 0 fully saturated rings. The quantitative estimate of drug-likeness (QED) is 0.476. The minimum atomic E-state index is 0.180. The average Bonchev–Trinajstić information content (AvgIpc) is 3.05. The van der Waals surface area contributed by atoms with Crippen LogP contribution in [0.15, 0.2) is 78.9 Å². The maximum atomic E-state index is 6.05. The Morgan fingerprint density at radius 3 is 2.50 bits per heavy atom. The molecule has 0 spiro atoms. The summed E-state index contributed by atoms with van der Waals surface area (Å²) in [5.74, 6) is 1.81. The number of para-hydroxylation sites is 2. The first-order chi connectivity index (χ1) is 12.7. The zero-order valence-corrected chi connectivity index (χ0v) is 15.1. The summed E-state index contributed by atoms with van der Waals surface area (Å²) in [5.41, 5.74) is 4.57. The average molecular weight is 342 g/mol. The molecule has 130 valence electrons. The molecule has 0 amide bonds. The Labute approximate surface area is 153 Å². The number of fused-ring (bicyclic) bond motifs is 1. The molecule has 0 aliphatic heterocycles. The summed E-state index contributed by atoms with van der Waals surface area (Å²) in [6.07, 6.45) is 0. The van der Waals surface area contributed by atoms with Gasteiger partial charge in [0, 0.05) is 0 Å². The van der Waals surface area contributed by atoms with Gasteiger partial charge in [-0.3, -0.25) is 0 Å². The summed E-state index contributed by atoms with van der Waals surface area (Å²) in [4.78, 5) is 4.83. The largest absolute Gasteiger partial charge is 0.486 e. The standard InChI is InChI=1S/C23H22N2O/c1-17-9-8-12-20(15-17)26-16-23-24-21-13-6-7-14-22(21)25(23)18(2)19-10-4-3-5-11-19/h3-15,18H,16H2,1-2H3. The Balaban J connectivity index is 1.72. The van der Waals surface area contributed by atoms with Crippen LogP contribution < -0.4 is 4.74 Å². The summed E-state index contributed by atoms with van der Waals surface area (Å²) in [6.45, 7) is 4.72. The third kappa shape index (κ3) is 3.21. The molecular formula is C23H22N2O. The van der Waals surface area contributed by atoms with Crippen molar-refractivity contribution in [3.63, 3.8) is 0 Å². The van der Waals surface area contributed by atoms with Crippen LogP contribution in [0.25, 0.3) is 11.0 Å². The van der Waals surface area contributed by atoms with Crippen LogP contribution in [0.2, 0.25) is 0 Å². The predicted octanol–water partition coefficient (Wildman–Crippen LogP) is 5.53. The van der Waals surface area contributed by atoms with E-state index in [1.54, 1.807) is 0 Å². The van der Waals surface area contributed by atoms with Gasteiger partial charge in [-0.05, 0) is 49.2 Å². The van der Waals surface area contributed by atoms with Gasteiger partial charge in [0.2, 0.25) is 0 Å². The maximum Gasteiger partial charge on any atom is 0.148 e. The Hall–Kier alpha value is -3.07. The first kappa shape index (κ1) is 16.4. The third-order valence-electron chi connectivity index (χ3n) is 4.70. The van der Waals surface area contributed by atoms with Gasteiger partial charge in [0.25, 0.3) is 0 Å². The fourth-order valence-corrected chi connectivity index (χ4v) is 3.36. The molecule has 3 aromatic carbocycles. The minimum Gasteiger partial charge on any atom is -0.486 e. The van der Waals surface area contributed by atoms with Crippen molar-refractivity contribution in [2.75, 3.05) is 0 Å². The van der Waals surface area contributed by atoms with Crippen LogP contribution in [-0.2, 0) is 6.61 Å². The molecule has 1 atom stereocenters. The monoisotopic (exact) mass is 342 g/mol. The number of rotatable bonds is 5. The molecule has 26 heavy (non-hydrogen) atoms. The molecule has 1 unspecified atom stereocenters. The molecular weight excluding hydrogens is 320 g/mol. The van der Waals surface area contributed by atoms with Crippen LogP contribution >= 0.6 is 0 Å². The smallest absolute Gasteiger partial charge is 0.148 e. The summed E-state index contributed by atoms with van der Waals surface area (Å²) in [5, 5.41) is 0. The highest BCUT2D eigenvalue weighted by molar-refractivity contribution is 5.76. The van der Waals surface area contributed by atoms with Crippen molar-refractivity contribution < 1.29 is 4.74 Å². The van der Waals surface area contributed by atoms with Crippen molar-refractivity contribution in [2.24, 2.45) is 0 Å². The first-order valence-corrected chi connectivity index (χ1v) is 8.92. The predicted molar refractivity (Wildman–Crippen MR) is 105 cm³/mol. The van der Waals surface area contributed by atoms with Crippen molar-refractivity contribution in [2.45, 2.75) is 26.5 Å². The highest BCUT2D eigenvalue weighted by Gasteiger charge is 2.17. The summed E-state index contributed by atoms with van der Waals surface area (Å²) in [6, 6.07) is 27.1. The highest BCUT2D eigenvalue weighted by atomic mass is 16.5. The Kier molecular flexibility index (Phi) is 4.44. The molecule has 3 nitrogen and oxygen atoms in total. The van der Waals surface area contributed by atoms with Crippen molar-refractivity contribution >= 4 is 11.0 Å². The maximum absolute atomic E-state index is 6.05. The van der Waals surface area contributed by atoms with Gasteiger partial charge in [-0.2, -0.15) is 0 Å². The highest BCUT2D eigenvalue weighted by Crippen LogP contribution is 2.27. The van der Waals surface area contributed by atoms with Gasteiger partial charge < -0.3 is 9.30 Å². The fourth-order valence-electron chi connectivity index (χ4n) is 3.36. The molecule has 0 saturated carbocycles. The number of aryl methyl sites for hydroxylation is 1. The Bertz CT molecular complexity index is 1020. The van der Waals surface area contributed by atoms with Gasteiger partial charge in [-0.25, -0.2) is 4.98 Å². The van der Waals surface area contributed by atoms with Crippen LogP contribution in [0, 0.1) is 6.92 Å². The van der Waals surface area contributed by atoms with E-state index in [2.05, 4.69) is 66.9 Å². The number of hydrogen-bond acceptors (Lipinski definition) is 2. The van der Waals surface area contributed by atoms with Crippen molar-refractivity contribution in [3.8, 4) is 5.75 Å². The lowest BCUT2D eigenvalue weighted by molar-refractivity contribution is 0.288. The molecule has 4 aromatic rings. The normalized spacial score (nSPS) is 12.2. The second kappa shape index (κ2) is 7.04. The van der Waals surface area contributed by atoms with Crippen LogP contribution in [0.1, 0.15) is 29.9 Å². The van der Waals surface area contributed by atoms with E-state index < -0.39 is 0 Å². The lowest BCUT2D eigenvalue weighted by atomic mass is 10.1. The Morgan fingerprint density at radius 1 is 0.923 bits per heavy atom. The molecule has 1 aromatic heterocycles. The van der Waals surface area contributed by atoms with Gasteiger partial charge >= 0.3 is 0 Å². The summed E-state index contributed by atoms with van der Waals surface area (Å²) < 4.78 is 8.32. The number of imidazole rings is 1. The molecule has 0 radical (unpaired) electrons. The molecule has 0 aliphatic carbocycles. The molecule has 1 heterocycles. The van der Waals surface area contributed by atoms with Crippen molar-refractivity contribution in [1.29, 1.82) is 0 Å². The first-order valence-electron chi connectivity index (χ1n) is 8.92. The molecule has 0 aliphatic rings.